The third-order valence-electron chi connectivity index (χ3n) is 5.19. The number of hydrogen-bond acceptors (Lipinski definition) is 4. The van der Waals surface area contributed by atoms with Crippen molar-refractivity contribution in [2.45, 2.75) is 65.2 Å². The lowest BCUT2D eigenvalue weighted by molar-refractivity contribution is 0.578. The van der Waals surface area contributed by atoms with Crippen molar-refractivity contribution in [1.29, 1.82) is 0 Å². The van der Waals surface area contributed by atoms with E-state index in [1.165, 1.54) is 44.9 Å². The predicted molar refractivity (Wildman–Crippen MR) is 130 cm³/mol. The third-order valence-corrected chi connectivity index (χ3v) is 5.95. The number of nitrogens with two attached hydrogens (primary N) is 1. The molecule has 0 bridgehead atoms. The summed E-state index contributed by atoms with van der Waals surface area (Å²) < 4.78 is 0. The average Bonchev–Trinajstić information content (AvgIpc) is 3.27. The van der Waals surface area contributed by atoms with Gasteiger partial charge in [-0.3, -0.25) is 14.9 Å². The Morgan fingerprint density at radius 2 is 1.80 bits per heavy atom. The van der Waals surface area contributed by atoms with Crippen LogP contribution >= 0.6 is 11.3 Å². The summed E-state index contributed by atoms with van der Waals surface area (Å²) in [7, 11) is 0. The summed E-state index contributed by atoms with van der Waals surface area (Å²) >= 11 is 1.56. The van der Waals surface area contributed by atoms with Crippen molar-refractivity contribution in [3.8, 4) is 0 Å². The van der Waals surface area contributed by atoms with Gasteiger partial charge < -0.3 is 5.73 Å². The molecule has 5 nitrogen and oxygen atoms in total. The van der Waals surface area contributed by atoms with Crippen molar-refractivity contribution < 1.29 is 0 Å². The molecule has 0 saturated carbocycles. The molecule has 30 heavy (non-hydrogen) atoms. The van der Waals surface area contributed by atoms with Gasteiger partial charge in [0.1, 0.15) is 0 Å². The number of para-hydroxylation sites is 1. The fraction of sp³-hybridized carbons (Fsp3) is 0.458. The number of unbranched alkanes of at least 4 members (excludes halogenated alkanes) is 7. The average molecular weight is 424 g/mol. The van der Waals surface area contributed by atoms with E-state index in [0.717, 1.165) is 40.4 Å². The SMILES string of the molecule is CCCCCCCCCCN=C(N)N(c1nccs1)c1cc(C)nc2ccccc12. The van der Waals surface area contributed by atoms with Crippen LogP contribution < -0.4 is 10.6 Å². The van der Waals surface area contributed by atoms with E-state index in [-0.39, 0.29) is 0 Å². The number of aryl methyl sites for hydroxylation is 1. The Kier molecular flexibility index (Phi) is 8.63. The number of aromatic nitrogens is 2. The number of hydrogen-bond donors (Lipinski definition) is 1. The van der Waals surface area contributed by atoms with Crippen molar-refractivity contribution >= 4 is 39.0 Å². The minimum atomic E-state index is 0.489. The van der Waals surface area contributed by atoms with Crippen LogP contribution in [0, 0.1) is 6.92 Å². The monoisotopic (exact) mass is 423 g/mol. The molecule has 0 amide bonds. The maximum Gasteiger partial charge on any atom is 0.202 e. The first kappa shape index (κ1) is 22.2. The van der Waals surface area contributed by atoms with Crippen molar-refractivity contribution in [3.05, 3.63) is 47.6 Å². The minimum Gasteiger partial charge on any atom is -0.369 e. The van der Waals surface area contributed by atoms with Crippen LogP contribution in [0.15, 0.2) is 46.9 Å². The minimum absolute atomic E-state index is 0.489. The zero-order chi connectivity index (χ0) is 21.2. The summed E-state index contributed by atoms with van der Waals surface area (Å²) in [4.78, 5) is 15.8. The van der Waals surface area contributed by atoms with Crippen molar-refractivity contribution in [3.63, 3.8) is 0 Å². The summed E-state index contributed by atoms with van der Waals surface area (Å²) in [5, 5.41) is 3.83. The Balaban J connectivity index is 1.71. The van der Waals surface area contributed by atoms with E-state index in [1.807, 2.05) is 35.4 Å². The van der Waals surface area contributed by atoms with Gasteiger partial charge in [-0.15, -0.1) is 11.3 Å². The first-order chi connectivity index (χ1) is 14.7. The van der Waals surface area contributed by atoms with Gasteiger partial charge in [0.25, 0.3) is 0 Å². The van der Waals surface area contributed by atoms with Crippen LogP contribution in [0.2, 0.25) is 0 Å². The van der Waals surface area contributed by atoms with Crippen LogP contribution in [0.3, 0.4) is 0 Å². The second-order valence-corrected chi connectivity index (χ2v) is 8.54. The van der Waals surface area contributed by atoms with Crippen molar-refractivity contribution in [1.82, 2.24) is 9.97 Å². The molecule has 6 heteroatoms. The van der Waals surface area contributed by atoms with Crippen LogP contribution in [-0.4, -0.2) is 22.5 Å². The van der Waals surface area contributed by atoms with Gasteiger partial charge in [0, 0.05) is 29.2 Å². The van der Waals surface area contributed by atoms with Gasteiger partial charge in [-0.25, -0.2) is 4.98 Å². The Morgan fingerprint density at radius 3 is 2.53 bits per heavy atom. The summed E-state index contributed by atoms with van der Waals surface area (Å²) in [6, 6.07) is 10.2. The maximum atomic E-state index is 6.50. The molecule has 3 aromatic rings. The summed E-state index contributed by atoms with van der Waals surface area (Å²) in [5.41, 5.74) is 9.37. The van der Waals surface area contributed by atoms with Crippen molar-refractivity contribution in [2.75, 3.05) is 11.4 Å². The third kappa shape index (κ3) is 6.02. The lowest BCUT2D eigenvalue weighted by Gasteiger charge is -2.23. The van der Waals surface area contributed by atoms with Gasteiger partial charge in [-0.2, -0.15) is 0 Å². The van der Waals surface area contributed by atoms with E-state index in [4.69, 9.17) is 10.7 Å². The first-order valence-corrected chi connectivity index (χ1v) is 11.9. The zero-order valence-electron chi connectivity index (χ0n) is 18.2. The molecule has 1 aromatic carbocycles. The molecule has 0 aliphatic carbocycles. The van der Waals surface area contributed by atoms with Crippen LogP contribution in [-0.2, 0) is 0 Å². The molecule has 0 saturated heterocycles. The molecule has 0 spiro atoms. The number of guanidine groups is 1. The topological polar surface area (TPSA) is 67.4 Å². The number of rotatable bonds is 11. The Labute approximate surface area is 184 Å². The second kappa shape index (κ2) is 11.6. The van der Waals surface area contributed by atoms with E-state index in [9.17, 15) is 0 Å². The van der Waals surface area contributed by atoms with Crippen molar-refractivity contribution in [2.24, 2.45) is 10.7 Å². The standard InChI is InChI=1S/C24H33N5S/c1-3-4-5-6-7-8-9-12-15-26-23(25)29(24-27-16-17-30-24)22-18-19(2)28-21-14-11-10-13-20(21)22/h10-11,13-14,16-18H,3-9,12,15H2,1-2H3,(H2,25,26). The van der Waals surface area contributed by atoms with E-state index in [2.05, 4.69) is 29.0 Å². The molecule has 2 heterocycles. The lowest BCUT2D eigenvalue weighted by atomic mass is 10.1. The highest BCUT2D eigenvalue weighted by molar-refractivity contribution is 7.13. The molecular formula is C24H33N5S. The highest BCUT2D eigenvalue weighted by Gasteiger charge is 2.19. The predicted octanol–water partition coefficient (Wildman–Crippen LogP) is 6.59. The molecule has 0 radical (unpaired) electrons. The molecule has 0 aliphatic heterocycles. The van der Waals surface area contributed by atoms with Gasteiger partial charge in [-0.1, -0.05) is 70.1 Å². The van der Waals surface area contributed by atoms with Gasteiger partial charge in [0.2, 0.25) is 5.96 Å². The quantitative estimate of drug-likeness (QED) is 0.214. The lowest BCUT2D eigenvalue weighted by Crippen LogP contribution is -2.34. The highest BCUT2D eigenvalue weighted by atomic mass is 32.1. The summed E-state index contributed by atoms with van der Waals surface area (Å²) in [6.07, 6.45) is 12.1. The first-order valence-electron chi connectivity index (χ1n) is 11.1. The molecule has 0 aliphatic rings. The highest BCUT2D eigenvalue weighted by Crippen LogP contribution is 2.33. The smallest absolute Gasteiger partial charge is 0.202 e. The summed E-state index contributed by atoms with van der Waals surface area (Å²) in [6.45, 7) is 5.00. The number of nitrogens with zero attached hydrogens (tertiary/aromatic N) is 4. The van der Waals surface area contributed by atoms with E-state index >= 15 is 0 Å². The molecule has 2 N–H and O–H groups in total. The maximum absolute atomic E-state index is 6.50. The van der Waals surface area contributed by atoms with Gasteiger partial charge >= 0.3 is 0 Å². The number of anilines is 2. The van der Waals surface area contributed by atoms with E-state index in [1.54, 1.807) is 17.5 Å². The van der Waals surface area contributed by atoms with E-state index < -0.39 is 0 Å². The fourth-order valence-electron chi connectivity index (χ4n) is 3.63. The Bertz CT molecular complexity index is 936. The van der Waals surface area contributed by atoms with Crippen LogP contribution in [0.1, 0.15) is 64.0 Å². The van der Waals surface area contributed by atoms with E-state index in [0.29, 0.717) is 5.96 Å². The molecule has 2 aromatic heterocycles. The molecule has 0 atom stereocenters. The van der Waals surface area contributed by atoms with Gasteiger partial charge in [0.15, 0.2) is 5.13 Å². The van der Waals surface area contributed by atoms with Crippen LogP contribution in [0.4, 0.5) is 10.8 Å². The number of aliphatic imine (C=N–C) groups is 1. The Hall–Kier alpha value is -2.47. The fourth-order valence-corrected chi connectivity index (χ4v) is 4.29. The largest absolute Gasteiger partial charge is 0.369 e. The molecule has 0 fully saturated rings. The molecular weight excluding hydrogens is 390 g/mol. The van der Waals surface area contributed by atoms with Gasteiger partial charge in [0.05, 0.1) is 11.2 Å². The molecule has 0 unspecified atom stereocenters. The number of benzene rings is 1. The normalized spacial score (nSPS) is 11.9. The molecule has 3 rings (SSSR count). The second-order valence-electron chi connectivity index (χ2n) is 7.66. The summed E-state index contributed by atoms with van der Waals surface area (Å²) in [5.74, 6) is 0.489. The number of thiazole rings is 1. The Morgan fingerprint density at radius 1 is 1.07 bits per heavy atom. The zero-order valence-corrected chi connectivity index (χ0v) is 19.0. The van der Waals surface area contributed by atoms with Gasteiger partial charge in [-0.05, 0) is 25.5 Å². The molecule has 160 valence electrons. The number of pyridine rings is 1. The van der Waals surface area contributed by atoms with Crippen LogP contribution in [0.25, 0.3) is 10.9 Å². The number of fused-ring (bicyclic) bond motifs is 1. The van der Waals surface area contributed by atoms with Crippen LogP contribution in [0.5, 0.6) is 0 Å².